The molecule has 0 unspecified atom stereocenters. The van der Waals surface area contributed by atoms with Gasteiger partial charge in [0.1, 0.15) is 11.6 Å². The van der Waals surface area contributed by atoms with Crippen LogP contribution in [0.3, 0.4) is 0 Å². The molecule has 0 aliphatic heterocycles. The molecule has 4 nitrogen and oxygen atoms in total. The summed E-state index contributed by atoms with van der Waals surface area (Å²) in [5.41, 5.74) is 4.38. The van der Waals surface area contributed by atoms with E-state index in [4.69, 9.17) is 26.1 Å². The molecule has 3 aromatic carbocycles. The summed E-state index contributed by atoms with van der Waals surface area (Å²) in [5.74, 6) is 1.06. The van der Waals surface area contributed by atoms with E-state index in [1.165, 1.54) is 30.0 Å². The van der Waals surface area contributed by atoms with Gasteiger partial charge in [-0.25, -0.2) is 13.8 Å². The number of imidazole rings is 1. The van der Waals surface area contributed by atoms with Crippen LogP contribution in [-0.4, -0.2) is 23.8 Å². The molecular formula is C28H25ClF2N2O2S. The Morgan fingerprint density at radius 1 is 1.03 bits per heavy atom. The maximum absolute atomic E-state index is 14.5. The summed E-state index contributed by atoms with van der Waals surface area (Å²) in [4.78, 5) is 4.99. The molecule has 0 spiro atoms. The van der Waals surface area contributed by atoms with Gasteiger partial charge in [0.2, 0.25) is 0 Å². The van der Waals surface area contributed by atoms with Crippen molar-refractivity contribution in [2.24, 2.45) is 0 Å². The summed E-state index contributed by atoms with van der Waals surface area (Å²) >= 11 is 7.70. The third kappa shape index (κ3) is 4.70. The van der Waals surface area contributed by atoms with Gasteiger partial charge >= 0.3 is 0 Å². The molecular weight excluding hydrogens is 502 g/mol. The lowest BCUT2D eigenvalue weighted by Crippen LogP contribution is -2.15. The van der Waals surface area contributed by atoms with Crippen LogP contribution in [0.4, 0.5) is 8.78 Å². The van der Waals surface area contributed by atoms with Crippen LogP contribution >= 0.6 is 23.4 Å². The van der Waals surface area contributed by atoms with Gasteiger partial charge in [0.25, 0.3) is 0 Å². The first-order valence-electron chi connectivity index (χ1n) is 11.6. The Labute approximate surface area is 218 Å². The fourth-order valence-corrected chi connectivity index (χ4v) is 6.13. The Bertz CT molecular complexity index is 1370. The second kappa shape index (κ2) is 10.5. The zero-order valence-electron chi connectivity index (χ0n) is 19.9. The van der Waals surface area contributed by atoms with E-state index in [0.717, 1.165) is 47.1 Å². The lowest BCUT2D eigenvalue weighted by molar-refractivity contribution is 0.354. The first-order valence-corrected chi connectivity index (χ1v) is 13.0. The monoisotopic (exact) mass is 526 g/mol. The number of hydrogen-bond donors (Lipinski definition) is 0. The van der Waals surface area contributed by atoms with E-state index in [2.05, 4.69) is 10.6 Å². The predicted octanol–water partition coefficient (Wildman–Crippen LogP) is 7.58. The standard InChI is InChI=1S/C28H25ClF2N2O2S/c1-34-25-14-9-17(15-26(25)35-2)20-5-3-8-24-27(20)33(19-12-10-18(30)11-13-19)28(32-24)36-16-21-22(29)6-4-7-23(21)31/h4,6-7,9-15,20H,3,5,8,16H2,1-2H3/t20-/m0/s1. The number of fused-ring (bicyclic) bond motifs is 1. The minimum absolute atomic E-state index is 0.0532. The van der Waals surface area contributed by atoms with Crippen molar-refractivity contribution >= 4 is 23.4 Å². The Morgan fingerprint density at radius 2 is 1.81 bits per heavy atom. The molecule has 1 atom stereocenters. The normalized spacial score (nSPS) is 15.0. The van der Waals surface area contributed by atoms with Gasteiger partial charge in [0, 0.05) is 27.9 Å². The first-order chi connectivity index (χ1) is 17.5. The zero-order valence-corrected chi connectivity index (χ0v) is 21.5. The number of nitrogens with zero attached hydrogens (tertiary/aromatic N) is 2. The highest BCUT2D eigenvalue weighted by atomic mass is 35.5. The third-order valence-electron chi connectivity index (χ3n) is 6.50. The van der Waals surface area contributed by atoms with Gasteiger partial charge in [0.05, 0.1) is 25.6 Å². The molecule has 0 saturated carbocycles. The number of rotatable bonds is 7. The highest BCUT2D eigenvalue weighted by molar-refractivity contribution is 7.98. The van der Waals surface area contributed by atoms with Crippen LogP contribution in [-0.2, 0) is 12.2 Å². The van der Waals surface area contributed by atoms with Crippen LogP contribution in [0.15, 0.2) is 65.8 Å². The molecule has 0 N–H and O–H groups in total. The fraction of sp³-hybridized carbons (Fsp3) is 0.250. The van der Waals surface area contributed by atoms with Gasteiger partial charge in [-0.1, -0.05) is 35.5 Å². The molecule has 1 aliphatic rings. The minimum Gasteiger partial charge on any atom is -0.493 e. The van der Waals surface area contributed by atoms with E-state index >= 15 is 0 Å². The van der Waals surface area contributed by atoms with Crippen LogP contribution in [0.1, 0.15) is 41.3 Å². The Kier molecular flexibility index (Phi) is 7.21. The van der Waals surface area contributed by atoms with Crippen molar-refractivity contribution in [2.45, 2.75) is 36.1 Å². The number of thioether (sulfide) groups is 1. The lowest BCUT2D eigenvalue weighted by atomic mass is 9.84. The van der Waals surface area contributed by atoms with E-state index in [0.29, 0.717) is 27.8 Å². The molecule has 0 radical (unpaired) electrons. The number of halogens is 3. The van der Waals surface area contributed by atoms with Crippen LogP contribution < -0.4 is 9.47 Å². The van der Waals surface area contributed by atoms with Crippen molar-refractivity contribution in [1.82, 2.24) is 9.55 Å². The van der Waals surface area contributed by atoms with E-state index in [1.54, 1.807) is 38.5 Å². The molecule has 4 aromatic rings. The SMILES string of the molecule is COc1ccc([C@@H]2CCCc3nc(SCc4c(F)cccc4Cl)n(-c4ccc(F)cc4)c32)cc1OC. The molecule has 186 valence electrons. The molecule has 1 aliphatic carbocycles. The smallest absolute Gasteiger partial charge is 0.173 e. The van der Waals surface area contributed by atoms with Gasteiger partial charge in [-0.15, -0.1) is 0 Å². The Balaban J connectivity index is 1.61. The average Bonchev–Trinajstić information content (AvgIpc) is 3.27. The number of hydrogen-bond acceptors (Lipinski definition) is 4. The molecule has 36 heavy (non-hydrogen) atoms. The van der Waals surface area contributed by atoms with E-state index in [-0.39, 0.29) is 17.6 Å². The highest BCUT2D eigenvalue weighted by Crippen LogP contribution is 2.43. The minimum atomic E-state index is -0.345. The molecule has 0 saturated heterocycles. The average molecular weight is 527 g/mol. The molecule has 8 heteroatoms. The van der Waals surface area contributed by atoms with Gasteiger partial charge in [-0.3, -0.25) is 4.57 Å². The second-order valence-corrected chi connectivity index (χ2v) is 9.94. The second-order valence-electron chi connectivity index (χ2n) is 8.59. The van der Waals surface area contributed by atoms with E-state index in [1.807, 2.05) is 12.1 Å². The highest BCUT2D eigenvalue weighted by Gasteiger charge is 2.31. The van der Waals surface area contributed by atoms with Crippen molar-refractivity contribution in [3.8, 4) is 17.2 Å². The molecule has 0 bridgehead atoms. The topological polar surface area (TPSA) is 36.3 Å². The summed E-state index contributed by atoms with van der Waals surface area (Å²) in [5, 5.41) is 1.11. The number of ether oxygens (including phenoxy) is 2. The first kappa shape index (κ1) is 24.7. The molecule has 0 fully saturated rings. The van der Waals surface area contributed by atoms with Gasteiger partial charge < -0.3 is 9.47 Å². The summed E-state index contributed by atoms with van der Waals surface area (Å²) in [6.07, 6.45) is 2.75. The van der Waals surface area contributed by atoms with E-state index < -0.39 is 0 Å². The summed E-state index contributed by atoms with van der Waals surface area (Å²) in [6.45, 7) is 0. The van der Waals surface area contributed by atoms with Crippen molar-refractivity contribution in [1.29, 1.82) is 0 Å². The summed E-state index contributed by atoms with van der Waals surface area (Å²) in [7, 11) is 3.24. The van der Waals surface area contributed by atoms with Crippen molar-refractivity contribution in [3.05, 3.63) is 99.8 Å². The number of aromatic nitrogens is 2. The number of aryl methyl sites for hydroxylation is 1. The number of methoxy groups -OCH3 is 2. The third-order valence-corrected chi connectivity index (χ3v) is 7.82. The largest absolute Gasteiger partial charge is 0.493 e. The predicted molar refractivity (Wildman–Crippen MR) is 139 cm³/mol. The van der Waals surface area contributed by atoms with E-state index in [9.17, 15) is 8.78 Å². The lowest BCUT2D eigenvalue weighted by Gasteiger charge is -2.26. The fourth-order valence-electron chi connectivity index (χ4n) is 4.74. The molecule has 1 aromatic heterocycles. The van der Waals surface area contributed by atoms with Crippen LogP contribution in [0, 0.1) is 11.6 Å². The maximum Gasteiger partial charge on any atom is 0.173 e. The van der Waals surface area contributed by atoms with Gasteiger partial charge in [0.15, 0.2) is 16.7 Å². The maximum atomic E-state index is 14.5. The Morgan fingerprint density at radius 3 is 2.53 bits per heavy atom. The van der Waals surface area contributed by atoms with Crippen molar-refractivity contribution in [3.63, 3.8) is 0 Å². The quantitative estimate of drug-likeness (QED) is 0.232. The van der Waals surface area contributed by atoms with Gasteiger partial charge in [-0.2, -0.15) is 0 Å². The summed E-state index contributed by atoms with van der Waals surface area (Å²) < 4.78 is 41.3. The molecule has 1 heterocycles. The van der Waals surface area contributed by atoms with Crippen LogP contribution in [0.25, 0.3) is 5.69 Å². The van der Waals surface area contributed by atoms with Gasteiger partial charge in [-0.05, 0) is 73.4 Å². The number of benzene rings is 3. The summed E-state index contributed by atoms with van der Waals surface area (Å²) in [6, 6.07) is 17.0. The van der Waals surface area contributed by atoms with Crippen LogP contribution in [0.2, 0.25) is 5.02 Å². The zero-order chi connectivity index (χ0) is 25.2. The van der Waals surface area contributed by atoms with Crippen molar-refractivity contribution in [2.75, 3.05) is 14.2 Å². The Hall–Kier alpha value is -3.03. The van der Waals surface area contributed by atoms with Crippen molar-refractivity contribution < 1.29 is 18.3 Å². The van der Waals surface area contributed by atoms with Crippen LogP contribution in [0.5, 0.6) is 11.5 Å². The molecule has 5 rings (SSSR count). The molecule has 0 amide bonds.